The molecule has 1 nitrogen and oxygen atoms in total. The van der Waals surface area contributed by atoms with E-state index in [-0.39, 0.29) is 5.54 Å². The molecule has 0 N–H and O–H groups in total. The van der Waals surface area contributed by atoms with Crippen molar-refractivity contribution in [2.45, 2.75) is 31.8 Å². The molecule has 1 aliphatic rings. The van der Waals surface area contributed by atoms with Crippen molar-refractivity contribution in [1.82, 2.24) is 4.90 Å². The van der Waals surface area contributed by atoms with Crippen LogP contribution >= 0.6 is 0 Å². The van der Waals surface area contributed by atoms with E-state index >= 15 is 0 Å². The van der Waals surface area contributed by atoms with Gasteiger partial charge in [0, 0.05) is 18.6 Å². The predicted molar refractivity (Wildman–Crippen MR) is 104 cm³/mol. The summed E-state index contributed by atoms with van der Waals surface area (Å²) >= 11 is 0. The SMILES string of the molecule is C[C@]1(Cc2ccccc2)c2ccccc2CCN1Cc1ccccc1. The molecular formula is C24H25N. The third-order valence-electron chi connectivity index (χ3n) is 5.55. The zero-order valence-corrected chi connectivity index (χ0v) is 14.9. The molecule has 0 spiro atoms. The molecule has 0 aromatic heterocycles. The smallest absolute Gasteiger partial charge is 0.0479 e. The van der Waals surface area contributed by atoms with Crippen LogP contribution in [-0.4, -0.2) is 11.4 Å². The fourth-order valence-corrected chi connectivity index (χ4v) is 4.19. The molecule has 3 aromatic rings. The Morgan fingerprint density at radius 1 is 0.760 bits per heavy atom. The van der Waals surface area contributed by atoms with E-state index in [0.717, 1.165) is 25.9 Å². The fourth-order valence-electron chi connectivity index (χ4n) is 4.19. The van der Waals surface area contributed by atoms with Gasteiger partial charge in [0.15, 0.2) is 0 Å². The largest absolute Gasteiger partial charge is 0.289 e. The van der Waals surface area contributed by atoms with Crippen LogP contribution in [0.5, 0.6) is 0 Å². The van der Waals surface area contributed by atoms with Gasteiger partial charge in [0.2, 0.25) is 0 Å². The minimum absolute atomic E-state index is 0.0199. The van der Waals surface area contributed by atoms with Crippen LogP contribution in [0.1, 0.15) is 29.2 Å². The molecule has 1 atom stereocenters. The van der Waals surface area contributed by atoms with Gasteiger partial charge in [-0.05, 0) is 42.0 Å². The van der Waals surface area contributed by atoms with Gasteiger partial charge < -0.3 is 0 Å². The summed E-state index contributed by atoms with van der Waals surface area (Å²) in [5.41, 5.74) is 5.80. The van der Waals surface area contributed by atoms with Crippen molar-refractivity contribution in [2.24, 2.45) is 0 Å². The number of benzene rings is 3. The lowest BCUT2D eigenvalue weighted by Crippen LogP contribution is -2.49. The summed E-state index contributed by atoms with van der Waals surface area (Å²) in [4.78, 5) is 2.66. The minimum Gasteiger partial charge on any atom is -0.289 e. The molecule has 0 radical (unpaired) electrons. The minimum atomic E-state index is 0.0199. The number of rotatable bonds is 4. The van der Waals surface area contributed by atoms with E-state index in [4.69, 9.17) is 0 Å². The van der Waals surface area contributed by atoms with E-state index in [1.807, 2.05) is 0 Å². The van der Waals surface area contributed by atoms with E-state index in [2.05, 4.69) is 96.8 Å². The van der Waals surface area contributed by atoms with Crippen LogP contribution in [0.4, 0.5) is 0 Å². The summed E-state index contributed by atoms with van der Waals surface area (Å²) < 4.78 is 0. The zero-order valence-electron chi connectivity index (χ0n) is 14.9. The number of hydrogen-bond acceptors (Lipinski definition) is 1. The lowest BCUT2D eigenvalue weighted by Gasteiger charge is -2.46. The van der Waals surface area contributed by atoms with E-state index in [1.54, 1.807) is 0 Å². The van der Waals surface area contributed by atoms with Gasteiger partial charge in [-0.15, -0.1) is 0 Å². The lowest BCUT2D eigenvalue weighted by molar-refractivity contribution is 0.0809. The van der Waals surface area contributed by atoms with E-state index in [9.17, 15) is 0 Å². The van der Waals surface area contributed by atoms with Gasteiger partial charge in [0.25, 0.3) is 0 Å². The molecular weight excluding hydrogens is 302 g/mol. The van der Waals surface area contributed by atoms with Crippen molar-refractivity contribution in [2.75, 3.05) is 6.54 Å². The Balaban J connectivity index is 1.72. The maximum atomic E-state index is 2.66. The van der Waals surface area contributed by atoms with Crippen LogP contribution in [0, 0.1) is 0 Å². The second kappa shape index (κ2) is 6.85. The van der Waals surface area contributed by atoms with Gasteiger partial charge in [0.1, 0.15) is 0 Å². The second-order valence-electron chi connectivity index (χ2n) is 7.25. The summed E-state index contributed by atoms with van der Waals surface area (Å²) in [7, 11) is 0. The standard InChI is InChI=1S/C24H25N/c1-24(18-20-10-4-2-5-11-20)23-15-9-8-14-22(23)16-17-25(24)19-21-12-6-3-7-13-21/h2-15H,16-19H2,1H3/t24-/m0/s1. The number of nitrogens with zero attached hydrogens (tertiary/aromatic N) is 1. The Morgan fingerprint density at radius 2 is 1.36 bits per heavy atom. The van der Waals surface area contributed by atoms with Crippen molar-refractivity contribution in [3.8, 4) is 0 Å². The summed E-state index contributed by atoms with van der Waals surface area (Å²) in [5.74, 6) is 0. The van der Waals surface area contributed by atoms with Crippen molar-refractivity contribution < 1.29 is 0 Å². The van der Waals surface area contributed by atoms with Crippen molar-refractivity contribution in [1.29, 1.82) is 0 Å². The highest BCUT2D eigenvalue weighted by atomic mass is 15.2. The number of hydrogen-bond donors (Lipinski definition) is 0. The van der Waals surface area contributed by atoms with Gasteiger partial charge in [0.05, 0.1) is 0 Å². The molecule has 1 heterocycles. The highest BCUT2D eigenvalue weighted by Gasteiger charge is 2.38. The first-order chi connectivity index (χ1) is 12.3. The van der Waals surface area contributed by atoms with Crippen molar-refractivity contribution >= 4 is 0 Å². The van der Waals surface area contributed by atoms with Crippen LogP contribution < -0.4 is 0 Å². The van der Waals surface area contributed by atoms with Gasteiger partial charge in [-0.3, -0.25) is 4.90 Å². The first kappa shape index (κ1) is 16.1. The summed E-state index contributed by atoms with van der Waals surface area (Å²) in [5, 5.41) is 0. The molecule has 126 valence electrons. The highest BCUT2D eigenvalue weighted by molar-refractivity contribution is 5.38. The molecule has 0 unspecified atom stereocenters. The molecule has 0 saturated heterocycles. The molecule has 4 rings (SSSR count). The quantitative estimate of drug-likeness (QED) is 0.636. The van der Waals surface area contributed by atoms with Crippen LogP contribution in [0.3, 0.4) is 0 Å². The van der Waals surface area contributed by atoms with Crippen LogP contribution in [0.15, 0.2) is 84.9 Å². The molecule has 3 aromatic carbocycles. The first-order valence-electron chi connectivity index (χ1n) is 9.17. The average molecular weight is 327 g/mol. The Labute approximate surface area is 150 Å². The Hall–Kier alpha value is -2.38. The Bertz CT molecular complexity index is 825. The Kier molecular flexibility index (Phi) is 4.42. The Morgan fingerprint density at radius 3 is 2.08 bits per heavy atom. The highest BCUT2D eigenvalue weighted by Crippen LogP contribution is 2.39. The van der Waals surface area contributed by atoms with Gasteiger partial charge >= 0.3 is 0 Å². The molecule has 1 aliphatic heterocycles. The van der Waals surface area contributed by atoms with Crippen molar-refractivity contribution in [3.63, 3.8) is 0 Å². The summed E-state index contributed by atoms with van der Waals surface area (Å²) in [6, 6.07) is 30.8. The fraction of sp³-hybridized carbons (Fsp3) is 0.250. The molecule has 0 aliphatic carbocycles. The molecule has 1 heteroatoms. The molecule has 0 fully saturated rings. The maximum Gasteiger partial charge on any atom is 0.0479 e. The van der Waals surface area contributed by atoms with Gasteiger partial charge in [-0.2, -0.15) is 0 Å². The predicted octanol–water partition coefficient (Wildman–Crippen LogP) is 5.20. The molecule has 25 heavy (non-hydrogen) atoms. The van der Waals surface area contributed by atoms with E-state index in [0.29, 0.717) is 0 Å². The molecule has 0 amide bonds. The molecule has 0 saturated carbocycles. The summed E-state index contributed by atoms with van der Waals surface area (Å²) in [6.07, 6.45) is 2.17. The zero-order chi connectivity index (χ0) is 17.1. The topological polar surface area (TPSA) is 3.24 Å². The third-order valence-corrected chi connectivity index (χ3v) is 5.55. The molecule has 0 bridgehead atoms. The van der Waals surface area contributed by atoms with Crippen LogP contribution in [0.2, 0.25) is 0 Å². The van der Waals surface area contributed by atoms with Crippen molar-refractivity contribution in [3.05, 3.63) is 107 Å². The summed E-state index contributed by atoms with van der Waals surface area (Å²) in [6.45, 7) is 4.52. The van der Waals surface area contributed by atoms with Gasteiger partial charge in [-0.25, -0.2) is 0 Å². The first-order valence-corrected chi connectivity index (χ1v) is 9.17. The monoisotopic (exact) mass is 327 g/mol. The maximum absolute atomic E-state index is 2.66. The lowest BCUT2D eigenvalue weighted by atomic mass is 9.77. The number of fused-ring (bicyclic) bond motifs is 1. The third kappa shape index (κ3) is 3.25. The van der Waals surface area contributed by atoms with Gasteiger partial charge in [-0.1, -0.05) is 84.9 Å². The van der Waals surface area contributed by atoms with E-state index in [1.165, 1.54) is 22.3 Å². The van der Waals surface area contributed by atoms with E-state index < -0.39 is 0 Å². The normalized spacial score (nSPS) is 20.2. The second-order valence-corrected chi connectivity index (χ2v) is 7.25. The van der Waals surface area contributed by atoms with Crippen LogP contribution in [0.25, 0.3) is 0 Å². The van der Waals surface area contributed by atoms with Crippen LogP contribution in [-0.2, 0) is 24.9 Å². The average Bonchev–Trinajstić information content (AvgIpc) is 2.66.